The lowest BCUT2D eigenvalue weighted by Gasteiger charge is -2.36. The Labute approximate surface area is 153 Å². The Balaban J connectivity index is 1.61. The molecule has 132 valence electrons. The lowest BCUT2D eigenvalue weighted by atomic mass is 10.2. The molecular weight excluding hydrogens is 338 g/mol. The average molecular weight is 360 g/mol. The summed E-state index contributed by atoms with van der Waals surface area (Å²) in [6, 6.07) is 13.5. The summed E-state index contributed by atoms with van der Waals surface area (Å²) in [5, 5.41) is 3.50. The van der Waals surface area contributed by atoms with E-state index in [2.05, 4.69) is 16.3 Å². The third-order valence-corrected chi connectivity index (χ3v) is 4.75. The fraction of sp³-hybridized carbons (Fsp3) is 0.316. The number of methoxy groups -OCH3 is 1. The summed E-state index contributed by atoms with van der Waals surface area (Å²) < 4.78 is 5.28. The predicted octanol–water partition coefficient (Wildman–Crippen LogP) is 4.01. The topological polar surface area (TPSA) is 44.8 Å². The monoisotopic (exact) mass is 359 g/mol. The Morgan fingerprint density at radius 2 is 1.84 bits per heavy atom. The minimum Gasteiger partial charge on any atom is -0.497 e. The largest absolute Gasteiger partial charge is 0.497 e. The first kappa shape index (κ1) is 17.4. The first-order valence-electron chi connectivity index (χ1n) is 8.28. The molecule has 1 aliphatic rings. The van der Waals surface area contributed by atoms with E-state index in [9.17, 15) is 4.79 Å². The fourth-order valence-corrected chi connectivity index (χ4v) is 3.22. The molecule has 0 atom stereocenters. The molecule has 0 aliphatic carbocycles. The van der Waals surface area contributed by atoms with Crippen LogP contribution >= 0.6 is 11.6 Å². The van der Waals surface area contributed by atoms with Crippen molar-refractivity contribution in [1.82, 2.24) is 4.90 Å². The first-order valence-corrected chi connectivity index (χ1v) is 8.66. The van der Waals surface area contributed by atoms with Gasteiger partial charge in [-0.05, 0) is 30.7 Å². The molecule has 2 aromatic carbocycles. The van der Waals surface area contributed by atoms with E-state index >= 15 is 0 Å². The highest BCUT2D eigenvalue weighted by Crippen LogP contribution is 2.26. The second kappa shape index (κ2) is 7.66. The molecule has 0 radical (unpaired) electrons. The van der Waals surface area contributed by atoms with Crippen LogP contribution in [-0.2, 0) is 0 Å². The third-order valence-electron chi connectivity index (χ3n) is 4.44. The van der Waals surface area contributed by atoms with Crippen molar-refractivity contribution in [2.45, 2.75) is 6.92 Å². The molecule has 1 saturated heterocycles. The van der Waals surface area contributed by atoms with Gasteiger partial charge in [-0.3, -0.25) is 0 Å². The highest BCUT2D eigenvalue weighted by molar-refractivity contribution is 6.33. The molecule has 1 fully saturated rings. The van der Waals surface area contributed by atoms with Crippen LogP contribution in [-0.4, -0.2) is 44.2 Å². The summed E-state index contributed by atoms with van der Waals surface area (Å²) in [5.41, 5.74) is 2.75. The number of hydrogen-bond donors (Lipinski definition) is 1. The number of carbonyl (C=O) groups is 1. The van der Waals surface area contributed by atoms with E-state index in [1.165, 1.54) is 0 Å². The number of urea groups is 1. The standard InChI is InChI=1S/C19H22ClN3O2/c1-14-5-3-8-17(20)18(14)21-19(24)23-11-9-22(10-12-23)15-6-4-7-16(13-15)25-2/h3-8,13H,9-12H2,1-2H3,(H,21,24). The molecule has 0 saturated carbocycles. The molecule has 0 spiro atoms. The van der Waals surface area contributed by atoms with E-state index in [1.54, 1.807) is 13.2 Å². The number of anilines is 2. The predicted molar refractivity (Wildman–Crippen MR) is 102 cm³/mol. The molecule has 6 heteroatoms. The van der Waals surface area contributed by atoms with Crippen LogP contribution in [0.15, 0.2) is 42.5 Å². The van der Waals surface area contributed by atoms with Gasteiger partial charge >= 0.3 is 6.03 Å². The quantitative estimate of drug-likeness (QED) is 0.900. The maximum Gasteiger partial charge on any atom is 0.322 e. The van der Waals surface area contributed by atoms with Crippen LogP contribution in [0.4, 0.5) is 16.2 Å². The summed E-state index contributed by atoms with van der Waals surface area (Å²) in [5.74, 6) is 0.840. The number of amides is 2. The van der Waals surface area contributed by atoms with Gasteiger partial charge in [0, 0.05) is 37.9 Å². The van der Waals surface area contributed by atoms with Gasteiger partial charge in [-0.25, -0.2) is 4.79 Å². The van der Waals surface area contributed by atoms with Gasteiger partial charge in [0.2, 0.25) is 0 Å². The lowest BCUT2D eigenvalue weighted by molar-refractivity contribution is 0.208. The number of benzene rings is 2. The van der Waals surface area contributed by atoms with E-state index in [1.807, 2.05) is 42.2 Å². The van der Waals surface area contributed by atoms with Gasteiger partial charge < -0.3 is 19.9 Å². The Morgan fingerprint density at radius 1 is 1.12 bits per heavy atom. The summed E-state index contributed by atoms with van der Waals surface area (Å²) in [4.78, 5) is 16.6. The van der Waals surface area contributed by atoms with Gasteiger partial charge in [-0.15, -0.1) is 0 Å². The molecule has 1 heterocycles. The molecular formula is C19H22ClN3O2. The van der Waals surface area contributed by atoms with E-state index in [4.69, 9.17) is 16.3 Å². The van der Waals surface area contributed by atoms with Gasteiger partial charge in [0.1, 0.15) is 5.75 Å². The average Bonchev–Trinajstić information content (AvgIpc) is 2.65. The molecule has 25 heavy (non-hydrogen) atoms. The molecule has 0 unspecified atom stereocenters. The van der Waals surface area contributed by atoms with Crippen molar-refractivity contribution in [2.24, 2.45) is 0 Å². The summed E-state index contributed by atoms with van der Waals surface area (Å²) in [6.45, 7) is 4.81. The molecule has 2 amide bonds. The summed E-state index contributed by atoms with van der Waals surface area (Å²) in [7, 11) is 1.66. The van der Waals surface area contributed by atoms with Crippen LogP contribution in [0.5, 0.6) is 5.75 Å². The number of carbonyl (C=O) groups excluding carboxylic acids is 1. The van der Waals surface area contributed by atoms with Gasteiger partial charge in [0.25, 0.3) is 0 Å². The van der Waals surface area contributed by atoms with Gasteiger partial charge in [0.15, 0.2) is 0 Å². The molecule has 0 aromatic heterocycles. The van der Waals surface area contributed by atoms with Crippen LogP contribution < -0.4 is 15.0 Å². The Hall–Kier alpha value is -2.40. The zero-order valence-corrected chi connectivity index (χ0v) is 15.2. The Bertz CT molecular complexity index is 738. The highest BCUT2D eigenvalue weighted by Gasteiger charge is 2.22. The Kier molecular flexibility index (Phi) is 5.34. The molecule has 5 nitrogen and oxygen atoms in total. The highest BCUT2D eigenvalue weighted by atomic mass is 35.5. The number of hydrogen-bond acceptors (Lipinski definition) is 3. The van der Waals surface area contributed by atoms with Crippen LogP contribution in [0.25, 0.3) is 0 Å². The number of rotatable bonds is 3. The van der Waals surface area contributed by atoms with Crippen molar-refractivity contribution < 1.29 is 9.53 Å². The van der Waals surface area contributed by atoms with Crippen LogP contribution in [0.3, 0.4) is 0 Å². The SMILES string of the molecule is COc1cccc(N2CCN(C(=O)Nc3c(C)cccc3Cl)CC2)c1. The van der Waals surface area contributed by atoms with E-state index in [-0.39, 0.29) is 6.03 Å². The second-order valence-electron chi connectivity index (χ2n) is 6.04. The van der Waals surface area contributed by atoms with Crippen LogP contribution in [0.1, 0.15) is 5.56 Å². The van der Waals surface area contributed by atoms with E-state index in [0.29, 0.717) is 23.8 Å². The summed E-state index contributed by atoms with van der Waals surface area (Å²) >= 11 is 6.19. The van der Waals surface area contributed by atoms with Crippen molar-refractivity contribution in [2.75, 3.05) is 43.5 Å². The third kappa shape index (κ3) is 3.99. The lowest BCUT2D eigenvalue weighted by Crippen LogP contribution is -2.50. The minimum absolute atomic E-state index is 0.110. The van der Waals surface area contributed by atoms with E-state index < -0.39 is 0 Å². The van der Waals surface area contributed by atoms with Gasteiger partial charge in [-0.2, -0.15) is 0 Å². The maximum atomic E-state index is 12.5. The van der Waals surface area contributed by atoms with Gasteiger partial charge in [0.05, 0.1) is 17.8 Å². The molecule has 2 aromatic rings. The van der Waals surface area contributed by atoms with Crippen molar-refractivity contribution in [3.63, 3.8) is 0 Å². The first-order chi connectivity index (χ1) is 12.1. The number of halogens is 1. The van der Waals surface area contributed by atoms with Crippen LogP contribution in [0.2, 0.25) is 5.02 Å². The van der Waals surface area contributed by atoms with Gasteiger partial charge in [-0.1, -0.05) is 29.8 Å². The number of ether oxygens (including phenoxy) is 1. The molecule has 1 aliphatic heterocycles. The number of para-hydroxylation sites is 1. The fourth-order valence-electron chi connectivity index (χ4n) is 2.95. The number of piperazine rings is 1. The van der Waals surface area contributed by atoms with Crippen molar-refractivity contribution in [3.05, 3.63) is 53.1 Å². The van der Waals surface area contributed by atoms with E-state index in [0.717, 1.165) is 30.1 Å². The zero-order chi connectivity index (χ0) is 17.8. The number of nitrogens with one attached hydrogen (secondary N) is 1. The maximum absolute atomic E-state index is 12.5. The van der Waals surface area contributed by atoms with Crippen LogP contribution in [0, 0.1) is 6.92 Å². The molecule has 1 N–H and O–H groups in total. The number of aryl methyl sites for hydroxylation is 1. The van der Waals surface area contributed by atoms with Crippen molar-refractivity contribution in [3.8, 4) is 5.75 Å². The summed E-state index contributed by atoms with van der Waals surface area (Å²) in [6.07, 6.45) is 0. The molecule has 3 rings (SSSR count). The normalized spacial score (nSPS) is 14.4. The zero-order valence-electron chi connectivity index (χ0n) is 14.5. The van der Waals surface area contributed by atoms with Crippen molar-refractivity contribution in [1.29, 1.82) is 0 Å². The van der Waals surface area contributed by atoms with Crippen molar-refractivity contribution >= 4 is 29.0 Å². The smallest absolute Gasteiger partial charge is 0.322 e. The second-order valence-corrected chi connectivity index (χ2v) is 6.44. The number of nitrogens with zero attached hydrogens (tertiary/aromatic N) is 2. The minimum atomic E-state index is -0.110. The molecule has 0 bridgehead atoms. The Morgan fingerprint density at radius 3 is 2.52 bits per heavy atom.